The highest BCUT2D eigenvalue weighted by Crippen LogP contribution is 2.04. The predicted molar refractivity (Wildman–Crippen MR) is 52.4 cm³/mol. The number of carbonyl (C=O) groups is 1. The monoisotopic (exact) mass is 165 g/mol. The number of carbonyl (C=O) groups excluding carboxylic acids is 1. The molecule has 66 valence electrons. The van der Waals surface area contributed by atoms with Gasteiger partial charge in [-0.25, -0.2) is 0 Å². The van der Waals surface area contributed by atoms with Crippen LogP contribution >= 0.6 is 0 Å². The van der Waals surface area contributed by atoms with Crippen molar-refractivity contribution in [2.24, 2.45) is 4.99 Å². The van der Waals surface area contributed by atoms with Crippen molar-refractivity contribution in [3.05, 3.63) is 23.9 Å². The number of rotatable bonds is 5. The summed E-state index contributed by atoms with van der Waals surface area (Å²) < 4.78 is 0. The summed E-state index contributed by atoms with van der Waals surface area (Å²) in [5.74, 6) is 0.128. The van der Waals surface area contributed by atoms with E-state index in [1.165, 1.54) is 6.20 Å². The third kappa shape index (κ3) is 3.86. The molecule has 0 saturated heterocycles. The molecule has 12 heavy (non-hydrogen) atoms. The molecule has 0 N–H and O–H groups in total. The van der Waals surface area contributed by atoms with Crippen LogP contribution in [0.1, 0.15) is 26.7 Å². The van der Waals surface area contributed by atoms with Crippen LogP contribution in [0, 0.1) is 0 Å². The Morgan fingerprint density at radius 3 is 2.67 bits per heavy atom. The fourth-order valence-electron chi connectivity index (χ4n) is 0.857. The van der Waals surface area contributed by atoms with Gasteiger partial charge < -0.3 is 0 Å². The highest BCUT2D eigenvalue weighted by atomic mass is 16.1. The SMILES string of the molecule is C=N/C=C(\C=C/C)C(=O)CCC. The van der Waals surface area contributed by atoms with Gasteiger partial charge >= 0.3 is 0 Å². The van der Waals surface area contributed by atoms with Crippen LogP contribution in [0.4, 0.5) is 0 Å². The molecule has 2 nitrogen and oxygen atoms in total. The van der Waals surface area contributed by atoms with E-state index in [9.17, 15) is 4.79 Å². The second-order valence-electron chi connectivity index (χ2n) is 2.44. The number of ketones is 1. The van der Waals surface area contributed by atoms with E-state index in [-0.39, 0.29) is 5.78 Å². The first-order valence-corrected chi connectivity index (χ1v) is 4.08. The Balaban J connectivity index is 4.40. The molecule has 0 fully saturated rings. The van der Waals surface area contributed by atoms with Gasteiger partial charge in [0.05, 0.1) is 0 Å². The quantitative estimate of drug-likeness (QED) is 0.349. The van der Waals surface area contributed by atoms with Gasteiger partial charge in [-0.2, -0.15) is 0 Å². The van der Waals surface area contributed by atoms with Crippen LogP contribution in [0.2, 0.25) is 0 Å². The molecule has 0 bridgehead atoms. The first kappa shape index (κ1) is 10.8. The molecule has 0 rings (SSSR count). The Morgan fingerprint density at radius 1 is 1.58 bits per heavy atom. The molecule has 0 aromatic carbocycles. The highest BCUT2D eigenvalue weighted by molar-refractivity contribution is 5.97. The fraction of sp³-hybridized carbons (Fsp3) is 0.400. The molecule has 0 aliphatic heterocycles. The Hall–Kier alpha value is -1.18. The zero-order valence-electron chi connectivity index (χ0n) is 7.71. The topological polar surface area (TPSA) is 29.4 Å². The van der Waals surface area contributed by atoms with E-state index in [0.29, 0.717) is 12.0 Å². The molecule has 0 radical (unpaired) electrons. The summed E-state index contributed by atoms with van der Waals surface area (Å²) in [6.07, 6.45) is 6.52. The average molecular weight is 165 g/mol. The van der Waals surface area contributed by atoms with Gasteiger partial charge in [-0.3, -0.25) is 9.79 Å². The van der Waals surface area contributed by atoms with Crippen LogP contribution in [-0.4, -0.2) is 12.5 Å². The van der Waals surface area contributed by atoms with E-state index in [2.05, 4.69) is 11.7 Å². The molecule has 0 atom stereocenters. The first-order valence-electron chi connectivity index (χ1n) is 4.08. The van der Waals surface area contributed by atoms with E-state index in [0.717, 1.165) is 6.42 Å². The molecular weight excluding hydrogens is 150 g/mol. The minimum Gasteiger partial charge on any atom is -0.294 e. The summed E-state index contributed by atoms with van der Waals surface area (Å²) in [7, 11) is 0. The van der Waals surface area contributed by atoms with E-state index < -0.39 is 0 Å². The molecule has 0 aliphatic carbocycles. The maximum Gasteiger partial charge on any atom is 0.164 e. The normalized spacial score (nSPS) is 12.0. The lowest BCUT2D eigenvalue weighted by molar-refractivity contribution is -0.115. The van der Waals surface area contributed by atoms with E-state index >= 15 is 0 Å². The van der Waals surface area contributed by atoms with Crippen LogP contribution in [0.3, 0.4) is 0 Å². The molecule has 0 unspecified atom stereocenters. The largest absolute Gasteiger partial charge is 0.294 e. The van der Waals surface area contributed by atoms with Crippen molar-refractivity contribution >= 4 is 12.5 Å². The number of hydrogen-bond donors (Lipinski definition) is 0. The number of nitrogens with zero attached hydrogens (tertiary/aromatic N) is 1. The van der Waals surface area contributed by atoms with E-state index in [1.807, 2.05) is 19.9 Å². The Morgan fingerprint density at radius 2 is 2.25 bits per heavy atom. The van der Waals surface area contributed by atoms with Crippen LogP contribution in [0.5, 0.6) is 0 Å². The van der Waals surface area contributed by atoms with Gasteiger partial charge in [-0.1, -0.05) is 19.1 Å². The average Bonchev–Trinajstić information content (AvgIpc) is 2.04. The summed E-state index contributed by atoms with van der Waals surface area (Å²) in [5.41, 5.74) is 0.634. The number of allylic oxidation sites excluding steroid dienone is 3. The maximum atomic E-state index is 11.3. The summed E-state index contributed by atoms with van der Waals surface area (Å²) in [6.45, 7) is 7.16. The smallest absolute Gasteiger partial charge is 0.164 e. The van der Waals surface area contributed by atoms with Gasteiger partial charge in [-0.05, 0) is 20.1 Å². The summed E-state index contributed by atoms with van der Waals surface area (Å²) in [4.78, 5) is 14.9. The standard InChI is InChI=1S/C10H15NO/c1-4-6-9(8-11-3)10(12)7-5-2/h4,6,8H,3,5,7H2,1-2H3/b6-4-,9-8+. The van der Waals surface area contributed by atoms with Crippen LogP contribution in [0.25, 0.3) is 0 Å². The van der Waals surface area contributed by atoms with Crippen molar-refractivity contribution < 1.29 is 4.79 Å². The zero-order valence-corrected chi connectivity index (χ0v) is 7.71. The first-order chi connectivity index (χ1) is 5.76. The minimum atomic E-state index is 0.128. The van der Waals surface area contributed by atoms with Gasteiger partial charge in [-0.15, -0.1) is 0 Å². The molecular formula is C10H15NO. The third-order valence-electron chi connectivity index (χ3n) is 1.38. The molecule has 0 saturated carbocycles. The fourth-order valence-corrected chi connectivity index (χ4v) is 0.857. The number of aliphatic imine (C=N–C) groups is 1. The zero-order chi connectivity index (χ0) is 9.40. The predicted octanol–water partition coefficient (Wildman–Crippen LogP) is 2.52. The highest BCUT2D eigenvalue weighted by Gasteiger charge is 2.03. The molecule has 0 aliphatic rings. The second-order valence-corrected chi connectivity index (χ2v) is 2.44. The summed E-state index contributed by atoms with van der Waals surface area (Å²) >= 11 is 0. The van der Waals surface area contributed by atoms with Crippen LogP contribution in [0.15, 0.2) is 28.9 Å². The number of Topliss-reactive ketones (excluding diaryl/α,β-unsaturated/α-hetero) is 1. The molecule has 0 aromatic rings. The second kappa shape index (κ2) is 6.53. The van der Waals surface area contributed by atoms with Crippen LogP contribution in [-0.2, 0) is 4.79 Å². The lowest BCUT2D eigenvalue weighted by Gasteiger charge is -1.96. The summed E-state index contributed by atoms with van der Waals surface area (Å²) in [5, 5.41) is 0. The summed E-state index contributed by atoms with van der Waals surface area (Å²) in [6, 6.07) is 0. The molecule has 0 heterocycles. The van der Waals surface area contributed by atoms with Gasteiger partial charge in [0, 0.05) is 18.2 Å². The van der Waals surface area contributed by atoms with Crippen molar-refractivity contribution in [1.29, 1.82) is 0 Å². The Bertz CT molecular complexity index is 214. The third-order valence-corrected chi connectivity index (χ3v) is 1.38. The molecule has 0 spiro atoms. The Labute approximate surface area is 73.7 Å². The lowest BCUT2D eigenvalue weighted by atomic mass is 10.1. The molecule has 0 aromatic heterocycles. The lowest BCUT2D eigenvalue weighted by Crippen LogP contribution is -1.98. The van der Waals surface area contributed by atoms with Gasteiger partial charge in [0.1, 0.15) is 0 Å². The van der Waals surface area contributed by atoms with Crippen molar-refractivity contribution in [2.75, 3.05) is 0 Å². The van der Waals surface area contributed by atoms with Crippen molar-refractivity contribution in [3.63, 3.8) is 0 Å². The molecule has 0 amide bonds. The minimum absolute atomic E-state index is 0.128. The van der Waals surface area contributed by atoms with E-state index in [4.69, 9.17) is 0 Å². The van der Waals surface area contributed by atoms with Crippen molar-refractivity contribution in [1.82, 2.24) is 0 Å². The van der Waals surface area contributed by atoms with Gasteiger partial charge in [0.25, 0.3) is 0 Å². The maximum absolute atomic E-state index is 11.3. The van der Waals surface area contributed by atoms with Crippen molar-refractivity contribution in [2.45, 2.75) is 26.7 Å². The van der Waals surface area contributed by atoms with Crippen molar-refractivity contribution in [3.8, 4) is 0 Å². The van der Waals surface area contributed by atoms with Crippen LogP contribution < -0.4 is 0 Å². The number of hydrogen-bond acceptors (Lipinski definition) is 2. The molecule has 2 heteroatoms. The van der Waals surface area contributed by atoms with E-state index in [1.54, 1.807) is 6.08 Å². The Kier molecular flexibility index (Phi) is 5.88. The van der Waals surface area contributed by atoms with Gasteiger partial charge in [0.15, 0.2) is 5.78 Å². The van der Waals surface area contributed by atoms with Gasteiger partial charge in [0.2, 0.25) is 0 Å².